The summed E-state index contributed by atoms with van der Waals surface area (Å²) in [4.78, 5) is 0. The fourth-order valence-corrected chi connectivity index (χ4v) is 1.14. The van der Waals surface area contributed by atoms with Gasteiger partial charge in [-0.15, -0.1) is 0 Å². The number of rotatable bonds is 3. The highest BCUT2D eigenvalue weighted by molar-refractivity contribution is 14.1. The van der Waals surface area contributed by atoms with Crippen molar-refractivity contribution in [1.82, 2.24) is 0 Å². The van der Waals surface area contributed by atoms with Gasteiger partial charge in [0.15, 0.2) is 0 Å². The molecule has 0 heterocycles. The third-order valence-electron chi connectivity index (χ3n) is 1.55. The molecule has 0 aliphatic carbocycles. The molecule has 86 valence electrons. The molecule has 0 radical (unpaired) electrons. The normalized spacial score (nSPS) is 14.6. The summed E-state index contributed by atoms with van der Waals surface area (Å²) in [7, 11) is 0. The third kappa shape index (κ3) is 2.86. The minimum atomic E-state index is -5.91. The Hall–Kier alpha value is 0.240. The largest absolute Gasteiger partial charge is 0.431 e. The minimum absolute atomic E-state index is 0.0373. The molecule has 0 aliphatic heterocycles. The molecular weight excluding hydrogens is 332 g/mol. The zero-order chi connectivity index (χ0) is 11.6. The van der Waals surface area contributed by atoms with Crippen molar-refractivity contribution >= 4 is 22.6 Å². The molecule has 0 aliphatic rings. The van der Waals surface area contributed by atoms with Crippen LogP contribution in [0.3, 0.4) is 0 Å². The average molecular weight is 338 g/mol. The molecule has 0 atom stereocenters. The number of hydrogen-bond donors (Lipinski definition) is 0. The van der Waals surface area contributed by atoms with Gasteiger partial charge in [-0.1, -0.05) is 22.6 Å². The van der Waals surface area contributed by atoms with Crippen molar-refractivity contribution in [3.8, 4) is 0 Å². The van der Waals surface area contributed by atoms with Crippen LogP contribution < -0.4 is 0 Å². The van der Waals surface area contributed by atoms with E-state index in [0.29, 0.717) is 0 Å². The van der Waals surface area contributed by atoms with Crippen molar-refractivity contribution in [2.45, 2.75) is 30.9 Å². The van der Waals surface area contributed by atoms with Gasteiger partial charge in [-0.05, 0) is 10.8 Å². The molecule has 0 unspecified atom stereocenters. The molecule has 0 amide bonds. The standard InChI is InChI=1S/C6H6F7I/c7-4(2-1-3-14,5(8,9)10)6(11,12)13/h1-3H2. The Balaban J connectivity index is 4.87. The molecule has 0 bridgehead atoms. The maximum Gasteiger partial charge on any atom is 0.431 e. The van der Waals surface area contributed by atoms with Gasteiger partial charge in [0.1, 0.15) is 0 Å². The Kier molecular flexibility index (Phi) is 4.47. The van der Waals surface area contributed by atoms with Gasteiger partial charge in [0, 0.05) is 6.42 Å². The first-order valence-corrected chi connectivity index (χ1v) is 4.97. The van der Waals surface area contributed by atoms with E-state index in [4.69, 9.17) is 0 Å². The molecule has 0 aromatic heterocycles. The minimum Gasteiger partial charge on any atom is -0.224 e. The van der Waals surface area contributed by atoms with Crippen molar-refractivity contribution in [2.75, 3.05) is 4.43 Å². The van der Waals surface area contributed by atoms with Gasteiger partial charge in [-0.25, -0.2) is 4.39 Å². The fraction of sp³-hybridized carbons (Fsp3) is 1.00. The van der Waals surface area contributed by atoms with Gasteiger partial charge in [0.05, 0.1) is 0 Å². The summed E-state index contributed by atoms with van der Waals surface area (Å²) in [5, 5.41) is 0. The summed E-state index contributed by atoms with van der Waals surface area (Å²) in [5.41, 5.74) is -5.08. The highest BCUT2D eigenvalue weighted by atomic mass is 127. The van der Waals surface area contributed by atoms with Crippen LogP contribution in [-0.2, 0) is 0 Å². The predicted molar refractivity (Wildman–Crippen MR) is 44.1 cm³/mol. The van der Waals surface area contributed by atoms with E-state index in [1.165, 1.54) is 0 Å². The number of alkyl halides is 8. The van der Waals surface area contributed by atoms with Crippen molar-refractivity contribution < 1.29 is 30.7 Å². The zero-order valence-corrected chi connectivity index (χ0v) is 8.80. The quantitative estimate of drug-likeness (QED) is 0.414. The first kappa shape index (κ1) is 14.2. The molecule has 0 fully saturated rings. The van der Waals surface area contributed by atoms with Crippen LogP contribution in [0.5, 0.6) is 0 Å². The van der Waals surface area contributed by atoms with Crippen molar-refractivity contribution in [2.24, 2.45) is 0 Å². The van der Waals surface area contributed by atoms with E-state index >= 15 is 0 Å². The van der Waals surface area contributed by atoms with Crippen LogP contribution in [0, 0.1) is 0 Å². The van der Waals surface area contributed by atoms with Gasteiger partial charge < -0.3 is 0 Å². The van der Waals surface area contributed by atoms with Crippen LogP contribution >= 0.6 is 22.6 Å². The number of hydrogen-bond acceptors (Lipinski definition) is 0. The van der Waals surface area contributed by atoms with E-state index < -0.39 is 30.9 Å². The van der Waals surface area contributed by atoms with E-state index in [0.717, 1.165) is 0 Å². The van der Waals surface area contributed by atoms with Gasteiger partial charge >= 0.3 is 12.4 Å². The van der Waals surface area contributed by atoms with Crippen LogP contribution in [0.1, 0.15) is 12.8 Å². The van der Waals surface area contributed by atoms with Gasteiger partial charge in [0.25, 0.3) is 5.67 Å². The van der Waals surface area contributed by atoms with E-state index in [1.54, 1.807) is 22.6 Å². The van der Waals surface area contributed by atoms with Crippen molar-refractivity contribution in [3.63, 3.8) is 0 Å². The summed E-state index contributed by atoms with van der Waals surface area (Å²) in [6.07, 6.45) is -13.9. The Bertz CT molecular complexity index is 168. The van der Waals surface area contributed by atoms with Crippen molar-refractivity contribution in [1.29, 1.82) is 0 Å². The van der Waals surface area contributed by atoms with Crippen molar-refractivity contribution in [3.05, 3.63) is 0 Å². The zero-order valence-electron chi connectivity index (χ0n) is 6.65. The summed E-state index contributed by atoms with van der Waals surface area (Å²) >= 11 is 1.58. The first-order valence-electron chi connectivity index (χ1n) is 3.44. The molecular formula is C6H6F7I. The Morgan fingerprint density at radius 1 is 0.786 bits per heavy atom. The van der Waals surface area contributed by atoms with E-state index in [2.05, 4.69) is 0 Å². The second kappa shape index (κ2) is 4.40. The first-order chi connectivity index (χ1) is 6.06. The molecule has 8 heteroatoms. The lowest BCUT2D eigenvalue weighted by atomic mass is 9.99. The number of halogens is 8. The molecule has 0 spiro atoms. The van der Waals surface area contributed by atoms with Crippen LogP contribution in [0.15, 0.2) is 0 Å². The highest BCUT2D eigenvalue weighted by Crippen LogP contribution is 2.48. The third-order valence-corrected chi connectivity index (χ3v) is 2.32. The monoisotopic (exact) mass is 338 g/mol. The summed E-state index contributed by atoms with van der Waals surface area (Å²) in [6, 6.07) is 0. The Morgan fingerprint density at radius 2 is 1.14 bits per heavy atom. The molecule has 0 aromatic rings. The molecule has 0 nitrogen and oxygen atoms in total. The second-order valence-corrected chi connectivity index (χ2v) is 3.67. The molecule has 0 saturated carbocycles. The lowest BCUT2D eigenvalue weighted by molar-refractivity contribution is -0.343. The highest BCUT2D eigenvalue weighted by Gasteiger charge is 2.71. The lowest BCUT2D eigenvalue weighted by Gasteiger charge is -2.29. The molecule has 0 aromatic carbocycles. The summed E-state index contributed by atoms with van der Waals surface area (Å²) < 4.78 is 83.7. The van der Waals surface area contributed by atoms with E-state index in [-0.39, 0.29) is 4.43 Å². The fourth-order valence-electron chi connectivity index (χ4n) is 0.755. The van der Waals surface area contributed by atoms with Gasteiger partial charge in [-0.2, -0.15) is 26.3 Å². The molecule has 0 rings (SSSR count). The molecule has 0 saturated heterocycles. The van der Waals surface area contributed by atoms with Crippen LogP contribution in [0.25, 0.3) is 0 Å². The van der Waals surface area contributed by atoms with Gasteiger partial charge in [-0.3, -0.25) is 0 Å². The SMILES string of the molecule is FC(F)(F)C(F)(CCCI)C(F)(F)F. The lowest BCUT2D eigenvalue weighted by Crippen LogP contribution is -2.53. The Labute approximate surface area is 89.0 Å². The average Bonchev–Trinajstić information content (AvgIpc) is 1.95. The topological polar surface area (TPSA) is 0 Å². The van der Waals surface area contributed by atoms with E-state index in [9.17, 15) is 30.7 Å². The Morgan fingerprint density at radius 3 is 1.36 bits per heavy atom. The van der Waals surface area contributed by atoms with Crippen LogP contribution in [-0.4, -0.2) is 22.4 Å². The molecule has 0 N–H and O–H groups in total. The van der Waals surface area contributed by atoms with Gasteiger partial charge in [0.2, 0.25) is 0 Å². The maximum absolute atomic E-state index is 12.7. The summed E-state index contributed by atoms with van der Waals surface area (Å²) in [5.74, 6) is 0. The second-order valence-electron chi connectivity index (χ2n) is 2.59. The van der Waals surface area contributed by atoms with Crippen LogP contribution in [0.4, 0.5) is 30.7 Å². The molecule has 14 heavy (non-hydrogen) atoms. The van der Waals surface area contributed by atoms with E-state index in [1.807, 2.05) is 0 Å². The smallest absolute Gasteiger partial charge is 0.224 e. The maximum atomic E-state index is 12.7. The van der Waals surface area contributed by atoms with Crippen LogP contribution in [0.2, 0.25) is 0 Å². The summed E-state index contributed by atoms with van der Waals surface area (Å²) in [6.45, 7) is 0. The predicted octanol–water partition coefficient (Wildman–Crippen LogP) is 4.03.